The lowest BCUT2D eigenvalue weighted by Gasteiger charge is -2.13. The summed E-state index contributed by atoms with van der Waals surface area (Å²) in [7, 11) is 0. The lowest BCUT2D eigenvalue weighted by atomic mass is 10.1. The van der Waals surface area contributed by atoms with Crippen LogP contribution in [0.15, 0.2) is 18.2 Å². The molecule has 1 N–H and O–H groups in total. The van der Waals surface area contributed by atoms with E-state index >= 15 is 0 Å². The summed E-state index contributed by atoms with van der Waals surface area (Å²) in [6.45, 7) is 0.453. The minimum Gasteiger partial charge on any atom is -0.390 e. The first-order chi connectivity index (χ1) is 9.70. The Morgan fingerprint density at radius 2 is 2.35 bits per heavy atom. The van der Waals surface area contributed by atoms with Crippen molar-refractivity contribution in [3.8, 4) is 5.69 Å². The van der Waals surface area contributed by atoms with Crippen LogP contribution in [0.2, 0.25) is 5.02 Å². The fourth-order valence-corrected chi connectivity index (χ4v) is 2.53. The van der Waals surface area contributed by atoms with E-state index in [0.717, 1.165) is 12.8 Å². The van der Waals surface area contributed by atoms with E-state index in [1.807, 2.05) is 0 Å². The maximum atomic E-state index is 13.2. The van der Waals surface area contributed by atoms with Gasteiger partial charge in [-0.2, -0.15) is 0 Å². The Balaban J connectivity index is 2.08. The van der Waals surface area contributed by atoms with Gasteiger partial charge in [-0.05, 0) is 31.0 Å². The largest absolute Gasteiger partial charge is 0.390 e. The quantitative estimate of drug-likeness (QED) is 0.945. The molecule has 1 aliphatic heterocycles. The molecule has 1 unspecified atom stereocenters. The minimum atomic E-state index is -0.489. The summed E-state index contributed by atoms with van der Waals surface area (Å²) >= 11 is 5.80. The average Bonchev–Trinajstić information content (AvgIpc) is 3.09. The molecule has 1 fully saturated rings. The second-order valence-corrected chi connectivity index (χ2v) is 5.00. The van der Waals surface area contributed by atoms with Crippen LogP contribution in [0.4, 0.5) is 4.39 Å². The molecule has 1 aromatic carbocycles. The van der Waals surface area contributed by atoms with Gasteiger partial charge in [0.05, 0.1) is 23.0 Å². The van der Waals surface area contributed by atoms with Crippen molar-refractivity contribution in [1.29, 1.82) is 0 Å². The predicted molar refractivity (Wildman–Crippen MR) is 70.2 cm³/mol. The standard InChI is InChI=1S/C13H13ClFN3O2/c14-9-6-8(3-4-10(9)15)18-13(11(7-19)16-17-18)12-2-1-5-20-12/h3-4,6,12,19H,1-2,5,7H2. The third-order valence-corrected chi connectivity index (χ3v) is 3.60. The number of benzene rings is 1. The molecule has 2 heterocycles. The normalized spacial score (nSPS) is 18.6. The van der Waals surface area contributed by atoms with E-state index < -0.39 is 5.82 Å². The molecule has 106 valence electrons. The van der Waals surface area contributed by atoms with Crippen LogP contribution in [0.1, 0.15) is 30.3 Å². The van der Waals surface area contributed by atoms with Crippen LogP contribution in [0.3, 0.4) is 0 Å². The van der Waals surface area contributed by atoms with Gasteiger partial charge < -0.3 is 9.84 Å². The maximum absolute atomic E-state index is 13.2. The molecular weight excluding hydrogens is 285 g/mol. The lowest BCUT2D eigenvalue weighted by molar-refractivity contribution is 0.104. The molecule has 5 nitrogen and oxygen atoms in total. The van der Waals surface area contributed by atoms with Crippen molar-refractivity contribution in [2.75, 3.05) is 6.61 Å². The van der Waals surface area contributed by atoms with Crippen molar-refractivity contribution in [1.82, 2.24) is 15.0 Å². The Hall–Kier alpha value is -1.50. The van der Waals surface area contributed by atoms with Gasteiger partial charge in [-0.25, -0.2) is 9.07 Å². The summed E-state index contributed by atoms with van der Waals surface area (Å²) in [6, 6.07) is 4.32. The number of hydrogen-bond donors (Lipinski definition) is 1. The Labute approximate surface area is 119 Å². The Kier molecular flexibility index (Phi) is 3.69. The molecule has 1 aliphatic rings. The fraction of sp³-hybridized carbons (Fsp3) is 0.385. The number of nitrogens with zero attached hydrogens (tertiary/aromatic N) is 3. The molecule has 7 heteroatoms. The molecule has 1 saturated heterocycles. The Bertz CT molecular complexity index is 626. The number of aliphatic hydroxyl groups is 1. The van der Waals surface area contributed by atoms with Crippen LogP contribution >= 0.6 is 11.6 Å². The van der Waals surface area contributed by atoms with Crippen LogP contribution in [0, 0.1) is 5.82 Å². The second kappa shape index (κ2) is 5.47. The average molecular weight is 298 g/mol. The highest BCUT2D eigenvalue weighted by molar-refractivity contribution is 6.30. The van der Waals surface area contributed by atoms with E-state index in [1.165, 1.54) is 12.1 Å². The fourth-order valence-electron chi connectivity index (χ4n) is 2.36. The molecular formula is C13H13ClFN3O2. The van der Waals surface area contributed by atoms with Crippen molar-refractivity contribution in [2.45, 2.75) is 25.6 Å². The molecule has 0 amide bonds. The smallest absolute Gasteiger partial charge is 0.141 e. The van der Waals surface area contributed by atoms with Crippen LogP contribution in [-0.2, 0) is 11.3 Å². The highest BCUT2D eigenvalue weighted by Gasteiger charge is 2.27. The van der Waals surface area contributed by atoms with E-state index in [4.69, 9.17) is 16.3 Å². The first-order valence-corrected chi connectivity index (χ1v) is 6.71. The highest BCUT2D eigenvalue weighted by Crippen LogP contribution is 2.32. The van der Waals surface area contributed by atoms with Gasteiger partial charge in [0.25, 0.3) is 0 Å². The van der Waals surface area contributed by atoms with E-state index in [1.54, 1.807) is 10.7 Å². The molecule has 0 spiro atoms. The molecule has 0 radical (unpaired) electrons. The monoisotopic (exact) mass is 297 g/mol. The summed E-state index contributed by atoms with van der Waals surface area (Å²) < 4.78 is 20.4. The summed E-state index contributed by atoms with van der Waals surface area (Å²) in [5, 5.41) is 17.4. The van der Waals surface area contributed by atoms with E-state index in [-0.39, 0.29) is 17.7 Å². The molecule has 20 heavy (non-hydrogen) atoms. The number of aromatic nitrogens is 3. The van der Waals surface area contributed by atoms with Crippen molar-refractivity contribution >= 4 is 11.6 Å². The molecule has 3 rings (SSSR count). The lowest BCUT2D eigenvalue weighted by Crippen LogP contribution is -2.09. The summed E-state index contributed by atoms with van der Waals surface area (Å²) in [6.07, 6.45) is 1.64. The van der Waals surface area contributed by atoms with Crippen molar-refractivity contribution in [3.05, 3.63) is 40.4 Å². The van der Waals surface area contributed by atoms with Crippen LogP contribution in [-0.4, -0.2) is 26.7 Å². The third kappa shape index (κ3) is 2.30. The first kappa shape index (κ1) is 13.5. The zero-order chi connectivity index (χ0) is 14.1. The van der Waals surface area contributed by atoms with Crippen molar-refractivity contribution < 1.29 is 14.2 Å². The van der Waals surface area contributed by atoms with Gasteiger partial charge in [-0.1, -0.05) is 16.8 Å². The van der Waals surface area contributed by atoms with Crippen molar-refractivity contribution in [2.24, 2.45) is 0 Å². The maximum Gasteiger partial charge on any atom is 0.141 e. The van der Waals surface area contributed by atoms with E-state index in [9.17, 15) is 9.50 Å². The van der Waals surface area contributed by atoms with Crippen LogP contribution < -0.4 is 0 Å². The van der Waals surface area contributed by atoms with Crippen molar-refractivity contribution in [3.63, 3.8) is 0 Å². The van der Waals surface area contributed by atoms with Gasteiger partial charge in [-0.15, -0.1) is 5.10 Å². The van der Waals surface area contributed by atoms with Gasteiger partial charge in [0.2, 0.25) is 0 Å². The van der Waals surface area contributed by atoms with E-state index in [2.05, 4.69) is 10.3 Å². The molecule has 0 bridgehead atoms. The van der Waals surface area contributed by atoms with Crippen LogP contribution in [0.25, 0.3) is 5.69 Å². The number of halogens is 2. The van der Waals surface area contributed by atoms with Gasteiger partial charge in [-0.3, -0.25) is 0 Å². The molecule has 0 aliphatic carbocycles. The zero-order valence-electron chi connectivity index (χ0n) is 10.6. The first-order valence-electron chi connectivity index (χ1n) is 6.33. The summed E-state index contributed by atoms with van der Waals surface area (Å²) in [5.74, 6) is -0.489. The summed E-state index contributed by atoms with van der Waals surface area (Å²) in [5.41, 5.74) is 1.76. The zero-order valence-corrected chi connectivity index (χ0v) is 11.3. The van der Waals surface area contributed by atoms with Gasteiger partial charge in [0, 0.05) is 6.61 Å². The molecule has 1 aromatic heterocycles. The second-order valence-electron chi connectivity index (χ2n) is 4.59. The highest BCUT2D eigenvalue weighted by atomic mass is 35.5. The summed E-state index contributed by atoms with van der Waals surface area (Å²) in [4.78, 5) is 0. The number of aliphatic hydroxyl groups excluding tert-OH is 1. The molecule has 0 saturated carbocycles. The topological polar surface area (TPSA) is 60.2 Å². The number of hydrogen-bond acceptors (Lipinski definition) is 4. The van der Waals surface area contributed by atoms with Crippen LogP contribution in [0.5, 0.6) is 0 Å². The number of rotatable bonds is 3. The SMILES string of the molecule is OCc1nnn(-c2ccc(F)c(Cl)c2)c1C1CCCO1. The Morgan fingerprint density at radius 3 is 3.00 bits per heavy atom. The van der Waals surface area contributed by atoms with Gasteiger partial charge in [0.15, 0.2) is 0 Å². The molecule has 2 aromatic rings. The number of ether oxygens (including phenoxy) is 1. The molecule has 1 atom stereocenters. The third-order valence-electron chi connectivity index (χ3n) is 3.31. The Morgan fingerprint density at radius 1 is 1.50 bits per heavy atom. The minimum absolute atomic E-state index is 0.0156. The van der Waals surface area contributed by atoms with Gasteiger partial charge in [0.1, 0.15) is 17.6 Å². The van der Waals surface area contributed by atoms with E-state index in [0.29, 0.717) is 23.7 Å². The predicted octanol–water partition coefficient (Wildman–Crippen LogP) is 2.40. The van der Waals surface area contributed by atoms with Gasteiger partial charge >= 0.3 is 0 Å².